The van der Waals surface area contributed by atoms with Crippen LogP contribution in [0.3, 0.4) is 0 Å². The van der Waals surface area contributed by atoms with E-state index in [1.807, 2.05) is 20.9 Å². The van der Waals surface area contributed by atoms with Gasteiger partial charge in [0.05, 0.1) is 0 Å². The number of nitrogens with one attached hydrogen (secondary N) is 1. The second kappa shape index (κ2) is 4.54. The van der Waals surface area contributed by atoms with E-state index in [0.717, 1.165) is 11.1 Å². The lowest BCUT2D eigenvalue weighted by atomic mass is 9.79. The molecule has 0 heterocycles. The lowest BCUT2D eigenvalue weighted by Crippen LogP contribution is -2.31. The van der Waals surface area contributed by atoms with E-state index in [2.05, 4.69) is 26.1 Å². The van der Waals surface area contributed by atoms with Gasteiger partial charge in [-0.05, 0) is 55.1 Å². The number of halogens is 1. The topological polar surface area (TPSA) is 12.0 Å². The standard InChI is InChI=1S/C14H22FN/c1-9-7-11(15)8-10(2)12(9)13(16-6)14(3,4)5/h7-8,13,16H,1-6H3. The molecular weight excluding hydrogens is 201 g/mol. The quantitative estimate of drug-likeness (QED) is 0.805. The molecule has 0 saturated carbocycles. The second-order valence-corrected chi connectivity index (χ2v) is 5.54. The molecule has 1 atom stereocenters. The largest absolute Gasteiger partial charge is 0.313 e. The Balaban J connectivity index is 3.31. The number of aryl methyl sites for hydroxylation is 2. The Labute approximate surface area is 98.1 Å². The van der Waals surface area contributed by atoms with E-state index in [9.17, 15) is 4.39 Å². The SMILES string of the molecule is CNC(c1c(C)cc(F)cc1C)C(C)(C)C. The predicted octanol–water partition coefficient (Wildman–Crippen LogP) is 3.75. The first kappa shape index (κ1) is 13.2. The number of benzene rings is 1. The number of hydrogen-bond acceptors (Lipinski definition) is 1. The fraction of sp³-hybridized carbons (Fsp3) is 0.571. The maximum Gasteiger partial charge on any atom is 0.123 e. The molecule has 0 amide bonds. The highest BCUT2D eigenvalue weighted by Crippen LogP contribution is 2.36. The van der Waals surface area contributed by atoms with Crippen LogP contribution in [0.2, 0.25) is 0 Å². The number of rotatable bonds is 2. The van der Waals surface area contributed by atoms with Crippen LogP contribution < -0.4 is 5.32 Å². The van der Waals surface area contributed by atoms with Crippen molar-refractivity contribution in [3.63, 3.8) is 0 Å². The van der Waals surface area contributed by atoms with Crippen molar-refractivity contribution < 1.29 is 4.39 Å². The van der Waals surface area contributed by atoms with Crippen LogP contribution in [0, 0.1) is 25.1 Å². The van der Waals surface area contributed by atoms with E-state index in [1.165, 1.54) is 5.56 Å². The third-order valence-corrected chi connectivity index (χ3v) is 3.00. The van der Waals surface area contributed by atoms with Gasteiger partial charge in [-0.25, -0.2) is 4.39 Å². The fourth-order valence-electron chi connectivity index (χ4n) is 2.39. The van der Waals surface area contributed by atoms with Gasteiger partial charge in [0.15, 0.2) is 0 Å². The van der Waals surface area contributed by atoms with Crippen LogP contribution in [0.4, 0.5) is 4.39 Å². The molecule has 0 radical (unpaired) electrons. The van der Waals surface area contributed by atoms with E-state index < -0.39 is 0 Å². The minimum atomic E-state index is -0.150. The van der Waals surface area contributed by atoms with E-state index in [0.29, 0.717) is 0 Å². The average Bonchev–Trinajstić information content (AvgIpc) is 2.08. The second-order valence-electron chi connectivity index (χ2n) is 5.54. The Morgan fingerprint density at radius 1 is 1.12 bits per heavy atom. The van der Waals surface area contributed by atoms with E-state index in [4.69, 9.17) is 0 Å². The van der Waals surface area contributed by atoms with Gasteiger partial charge in [0.2, 0.25) is 0 Å². The van der Waals surface area contributed by atoms with Crippen LogP contribution >= 0.6 is 0 Å². The molecule has 1 aromatic rings. The van der Waals surface area contributed by atoms with Gasteiger partial charge in [-0.3, -0.25) is 0 Å². The van der Waals surface area contributed by atoms with Crippen LogP contribution in [0.5, 0.6) is 0 Å². The molecule has 2 heteroatoms. The summed E-state index contributed by atoms with van der Waals surface area (Å²) in [5.41, 5.74) is 3.37. The molecular formula is C14H22FN. The summed E-state index contributed by atoms with van der Waals surface area (Å²) in [6, 6.07) is 3.46. The van der Waals surface area contributed by atoms with Gasteiger partial charge < -0.3 is 5.32 Å². The lowest BCUT2D eigenvalue weighted by molar-refractivity contribution is 0.285. The highest BCUT2D eigenvalue weighted by molar-refractivity contribution is 5.37. The van der Waals surface area contributed by atoms with Crippen molar-refractivity contribution in [2.45, 2.75) is 40.7 Å². The molecule has 1 aromatic carbocycles. The maximum absolute atomic E-state index is 13.3. The lowest BCUT2D eigenvalue weighted by Gasteiger charge is -2.33. The minimum Gasteiger partial charge on any atom is -0.313 e. The van der Waals surface area contributed by atoms with Crippen molar-refractivity contribution in [2.24, 2.45) is 5.41 Å². The van der Waals surface area contributed by atoms with Gasteiger partial charge in [0.25, 0.3) is 0 Å². The van der Waals surface area contributed by atoms with Gasteiger partial charge in [-0.2, -0.15) is 0 Å². The summed E-state index contributed by atoms with van der Waals surface area (Å²) in [5.74, 6) is -0.150. The maximum atomic E-state index is 13.3. The summed E-state index contributed by atoms with van der Waals surface area (Å²) in [4.78, 5) is 0. The molecule has 1 rings (SSSR count). The molecule has 16 heavy (non-hydrogen) atoms. The van der Waals surface area contributed by atoms with Gasteiger partial charge in [-0.15, -0.1) is 0 Å². The fourth-order valence-corrected chi connectivity index (χ4v) is 2.39. The Morgan fingerprint density at radius 2 is 1.56 bits per heavy atom. The summed E-state index contributed by atoms with van der Waals surface area (Å²) >= 11 is 0. The summed E-state index contributed by atoms with van der Waals surface area (Å²) in [6.07, 6.45) is 0. The molecule has 1 unspecified atom stereocenters. The third kappa shape index (κ3) is 2.62. The summed E-state index contributed by atoms with van der Waals surface area (Å²) in [6.45, 7) is 10.5. The molecule has 0 aliphatic carbocycles. The molecule has 1 N–H and O–H groups in total. The molecule has 0 bridgehead atoms. The molecule has 0 aromatic heterocycles. The smallest absolute Gasteiger partial charge is 0.123 e. The first-order valence-corrected chi connectivity index (χ1v) is 5.71. The molecule has 0 aliphatic heterocycles. The highest BCUT2D eigenvalue weighted by Gasteiger charge is 2.27. The van der Waals surface area contributed by atoms with Crippen LogP contribution in [-0.2, 0) is 0 Å². The molecule has 0 spiro atoms. The van der Waals surface area contributed by atoms with Gasteiger partial charge in [0.1, 0.15) is 5.82 Å². The molecule has 0 fully saturated rings. The zero-order valence-electron chi connectivity index (χ0n) is 11.1. The van der Waals surface area contributed by atoms with Crippen molar-refractivity contribution in [3.05, 3.63) is 34.6 Å². The summed E-state index contributed by atoms with van der Waals surface area (Å²) < 4.78 is 13.3. The Kier molecular flexibility index (Phi) is 3.74. The van der Waals surface area contributed by atoms with Crippen LogP contribution in [-0.4, -0.2) is 7.05 Å². The first-order valence-electron chi connectivity index (χ1n) is 5.71. The van der Waals surface area contributed by atoms with Gasteiger partial charge in [0, 0.05) is 6.04 Å². The van der Waals surface area contributed by atoms with Crippen molar-refractivity contribution in [3.8, 4) is 0 Å². The van der Waals surface area contributed by atoms with Crippen molar-refractivity contribution in [1.29, 1.82) is 0 Å². The minimum absolute atomic E-state index is 0.113. The molecule has 1 nitrogen and oxygen atoms in total. The van der Waals surface area contributed by atoms with E-state index in [1.54, 1.807) is 12.1 Å². The van der Waals surface area contributed by atoms with Crippen LogP contribution in [0.1, 0.15) is 43.5 Å². The summed E-state index contributed by atoms with van der Waals surface area (Å²) in [7, 11) is 1.96. The highest BCUT2D eigenvalue weighted by atomic mass is 19.1. The van der Waals surface area contributed by atoms with Crippen LogP contribution in [0.25, 0.3) is 0 Å². The van der Waals surface area contributed by atoms with E-state index >= 15 is 0 Å². The Hall–Kier alpha value is -0.890. The van der Waals surface area contributed by atoms with Crippen LogP contribution in [0.15, 0.2) is 12.1 Å². The number of hydrogen-bond donors (Lipinski definition) is 1. The predicted molar refractivity (Wildman–Crippen MR) is 67.1 cm³/mol. The first-order chi connectivity index (χ1) is 7.27. The molecule has 0 saturated heterocycles. The molecule has 0 aliphatic rings. The normalized spacial score (nSPS) is 13.9. The van der Waals surface area contributed by atoms with E-state index in [-0.39, 0.29) is 17.3 Å². The van der Waals surface area contributed by atoms with Crippen molar-refractivity contribution >= 4 is 0 Å². The zero-order chi connectivity index (χ0) is 12.5. The van der Waals surface area contributed by atoms with Gasteiger partial charge >= 0.3 is 0 Å². The molecule has 90 valence electrons. The summed E-state index contributed by atoms with van der Waals surface area (Å²) in [5, 5.41) is 3.34. The van der Waals surface area contributed by atoms with Crippen molar-refractivity contribution in [2.75, 3.05) is 7.05 Å². The monoisotopic (exact) mass is 223 g/mol. The third-order valence-electron chi connectivity index (χ3n) is 3.00. The van der Waals surface area contributed by atoms with Gasteiger partial charge in [-0.1, -0.05) is 20.8 Å². The Morgan fingerprint density at radius 3 is 1.88 bits per heavy atom. The Bertz CT molecular complexity index is 354. The average molecular weight is 223 g/mol. The van der Waals surface area contributed by atoms with Crippen molar-refractivity contribution in [1.82, 2.24) is 5.32 Å². The zero-order valence-corrected chi connectivity index (χ0v) is 11.1.